The van der Waals surface area contributed by atoms with Gasteiger partial charge >= 0.3 is 0 Å². The quantitative estimate of drug-likeness (QED) is 0.905. The first-order valence-corrected chi connectivity index (χ1v) is 8.43. The lowest BCUT2D eigenvalue weighted by Crippen LogP contribution is -2.34. The van der Waals surface area contributed by atoms with Crippen LogP contribution < -0.4 is 14.8 Å². The summed E-state index contributed by atoms with van der Waals surface area (Å²) in [6, 6.07) is 4.58. The summed E-state index contributed by atoms with van der Waals surface area (Å²) in [5, 5.41) is 4.30. The van der Waals surface area contributed by atoms with Gasteiger partial charge in [-0.2, -0.15) is 0 Å². The summed E-state index contributed by atoms with van der Waals surface area (Å²) in [5.74, 6) is 2.27. The van der Waals surface area contributed by atoms with Crippen molar-refractivity contribution in [3.05, 3.63) is 22.7 Å². The minimum absolute atomic E-state index is 0.553. The van der Waals surface area contributed by atoms with Crippen LogP contribution in [0.4, 0.5) is 0 Å². The van der Waals surface area contributed by atoms with Gasteiger partial charge in [0.15, 0.2) is 11.5 Å². The predicted molar refractivity (Wildman–Crippen MR) is 85.3 cm³/mol. The highest BCUT2D eigenvalue weighted by Gasteiger charge is 2.20. The average Bonchev–Trinajstić information content (AvgIpc) is 2.53. The van der Waals surface area contributed by atoms with Gasteiger partial charge in [-0.25, -0.2) is 0 Å². The third-order valence-corrected chi connectivity index (χ3v) is 4.92. The Morgan fingerprint density at radius 3 is 2.76 bits per heavy atom. The number of ether oxygens (including phenoxy) is 2. The van der Waals surface area contributed by atoms with E-state index in [1.165, 1.54) is 32.1 Å². The Morgan fingerprint density at radius 2 is 1.95 bits per heavy atom. The summed E-state index contributed by atoms with van der Waals surface area (Å²) < 4.78 is 11.2. The normalized spacial score (nSPS) is 20.3. The molecule has 1 aliphatic heterocycles. The highest BCUT2D eigenvalue weighted by molar-refractivity contribution is 6.32. The number of rotatable bonds is 4. The van der Waals surface area contributed by atoms with Crippen molar-refractivity contribution in [1.82, 2.24) is 5.32 Å². The van der Waals surface area contributed by atoms with E-state index >= 15 is 0 Å². The molecule has 0 spiro atoms. The Bertz CT molecular complexity index is 486. The lowest BCUT2D eigenvalue weighted by Gasteiger charge is -2.28. The molecule has 1 aliphatic carbocycles. The molecule has 1 saturated carbocycles. The number of benzene rings is 1. The zero-order chi connectivity index (χ0) is 14.7. The Kier molecular flexibility index (Phi) is 4.91. The second-order valence-electron chi connectivity index (χ2n) is 6.17. The number of halogens is 1. The largest absolute Gasteiger partial charge is 0.486 e. The van der Waals surface area contributed by atoms with Gasteiger partial charge < -0.3 is 14.8 Å². The topological polar surface area (TPSA) is 30.5 Å². The summed E-state index contributed by atoms with van der Waals surface area (Å²) >= 11 is 6.28. The van der Waals surface area contributed by atoms with Crippen LogP contribution in [0.3, 0.4) is 0 Å². The molecule has 1 N–H and O–H groups in total. The van der Waals surface area contributed by atoms with Crippen molar-refractivity contribution in [1.29, 1.82) is 0 Å². The molecule has 0 aromatic heterocycles. The maximum Gasteiger partial charge on any atom is 0.179 e. The molecule has 0 bridgehead atoms. The summed E-state index contributed by atoms with van der Waals surface area (Å²) in [6.45, 7) is 4.30. The van der Waals surface area contributed by atoms with Crippen molar-refractivity contribution < 1.29 is 9.47 Å². The van der Waals surface area contributed by atoms with E-state index in [0.29, 0.717) is 30.0 Å². The predicted octanol–water partition coefficient (Wildman–Crippen LogP) is 4.17. The van der Waals surface area contributed by atoms with Gasteiger partial charge in [0.1, 0.15) is 13.2 Å². The standard InChI is InChI=1S/C17H24ClNO2/c1-12(14-5-3-2-4-6-14)19-11-13-9-15(18)17-16(10-13)20-7-8-21-17/h9-10,12,14,19H,2-8,11H2,1H3. The fourth-order valence-corrected chi connectivity index (χ4v) is 3.63. The van der Waals surface area contributed by atoms with Crippen molar-refractivity contribution in [3.8, 4) is 11.5 Å². The van der Waals surface area contributed by atoms with Gasteiger partial charge in [0.05, 0.1) is 5.02 Å². The molecule has 0 saturated heterocycles. The number of hydrogen-bond donors (Lipinski definition) is 1. The average molecular weight is 310 g/mol. The molecule has 3 rings (SSSR count). The summed E-state index contributed by atoms with van der Waals surface area (Å²) in [7, 11) is 0. The number of hydrogen-bond acceptors (Lipinski definition) is 3. The lowest BCUT2D eigenvalue weighted by molar-refractivity contribution is 0.171. The van der Waals surface area contributed by atoms with Crippen molar-refractivity contribution in [2.75, 3.05) is 13.2 Å². The molecule has 3 nitrogen and oxygen atoms in total. The van der Waals surface area contributed by atoms with E-state index < -0.39 is 0 Å². The zero-order valence-corrected chi connectivity index (χ0v) is 13.4. The maximum absolute atomic E-state index is 6.28. The van der Waals surface area contributed by atoms with E-state index in [0.717, 1.165) is 23.8 Å². The Hall–Kier alpha value is -0.930. The van der Waals surface area contributed by atoms with E-state index in [1.54, 1.807) is 0 Å². The van der Waals surface area contributed by atoms with E-state index in [4.69, 9.17) is 21.1 Å². The van der Waals surface area contributed by atoms with Gasteiger partial charge in [-0.1, -0.05) is 30.9 Å². The van der Waals surface area contributed by atoms with E-state index in [2.05, 4.69) is 12.2 Å². The van der Waals surface area contributed by atoms with Crippen molar-refractivity contribution in [2.45, 2.75) is 51.6 Å². The van der Waals surface area contributed by atoms with Crippen LogP contribution in [0, 0.1) is 5.92 Å². The smallest absolute Gasteiger partial charge is 0.179 e. The Balaban J connectivity index is 1.61. The fourth-order valence-electron chi connectivity index (χ4n) is 3.35. The molecule has 21 heavy (non-hydrogen) atoms. The minimum Gasteiger partial charge on any atom is -0.486 e. The van der Waals surface area contributed by atoms with E-state index in [9.17, 15) is 0 Å². The van der Waals surface area contributed by atoms with Crippen molar-refractivity contribution >= 4 is 11.6 Å². The maximum atomic E-state index is 6.28. The SMILES string of the molecule is CC(NCc1cc(Cl)c2c(c1)OCCO2)C1CCCCC1. The van der Waals surface area contributed by atoms with Crippen molar-refractivity contribution in [3.63, 3.8) is 0 Å². The van der Waals surface area contributed by atoms with Crippen LogP contribution in [0.25, 0.3) is 0 Å². The second kappa shape index (κ2) is 6.89. The van der Waals surface area contributed by atoms with Crippen LogP contribution in [0.5, 0.6) is 11.5 Å². The molecule has 1 fully saturated rings. The van der Waals surface area contributed by atoms with Crippen LogP contribution in [-0.4, -0.2) is 19.3 Å². The Labute approximate surface area is 132 Å². The summed E-state index contributed by atoms with van der Waals surface area (Å²) in [4.78, 5) is 0. The lowest BCUT2D eigenvalue weighted by atomic mass is 9.84. The van der Waals surface area contributed by atoms with E-state index in [1.807, 2.05) is 12.1 Å². The molecule has 1 aromatic rings. The first-order chi connectivity index (χ1) is 10.2. The Morgan fingerprint density at radius 1 is 1.19 bits per heavy atom. The third kappa shape index (κ3) is 3.64. The van der Waals surface area contributed by atoms with E-state index in [-0.39, 0.29) is 0 Å². The molecule has 0 amide bonds. The van der Waals surface area contributed by atoms with Crippen LogP contribution in [0.2, 0.25) is 5.02 Å². The monoisotopic (exact) mass is 309 g/mol. The fraction of sp³-hybridized carbons (Fsp3) is 0.647. The molecule has 1 aromatic carbocycles. The van der Waals surface area contributed by atoms with Gasteiger partial charge in [-0.15, -0.1) is 0 Å². The molecule has 1 atom stereocenters. The van der Waals surface area contributed by atoms with Gasteiger partial charge in [0.25, 0.3) is 0 Å². The molecule has 2 aliphatic rings. The first kappa shape index (κ1) is 15.0. The van der Waals surface area contributed by atoms with Gasteiger partial charge in [0, 0.05) is 12.6 Å². The van der Waals surface area contributed by atoms with Gasteiger partial charge in [0.2, 0.25) is 0 Å². The summed E-state index contributed by atoms with van der Waals surface area (Å²) in [5.41, 5.74) is 1.16. The van der Waals surface area contributed by atoms with Gasteiger partial charge in [-0.05, 0) is 43.4 Å². The highest BCUT2D eigenvalue weighted by atomic mass is 35.5. The highest BCUT2D eigenvalue weighted by Crippen LogP contribution is 2.38. The van der Waals surface area contributed by atoms with Crippen LogP contribution in [0.1, 0.15) is 44.6 Å². The molecule has 1 heterocycles. The minimum atomic E-state index is 0.553. The molecule has 0 radical (unpaired) electrons. The molecular formula is C17H24ClNO2. The number of fused-ring (bicyclic) bond motifs is 1. The molecule has 4 heteroatoms. The number of nitrogens with one attached hydrogen (secondary N) is 1. The third-order valence-electron chi connectivity index (χ3n) is 4.64. The van der Waals surface area contributed by atoms with Crippen LogP contribution in [-0.2, 0) is 6.54 Å². The summed E-state index contributed by atoms with van der Waals surface area (Å²) in [6.07, 6.45) is 6.88. The second-order valence-corrected chi connectivity index (χ2v) is 6.58. The molecular weight excluding hydrogens is 286 g/mol. The van der Waals surface area contributed by atoms with Crippen LogP contribution in [0.15, 0.2) is 12.1 Å². The first-order valence-electron chi connectivity index (χ1n) is 8.05. The molecule has 1 unspecified atom stereocenters. The van der Waals surface area contributed by atoms with Gasteiger partial charge in [-0.3, -0.25) is 0 Å². The van der Waals surface area contributed by atoms with Crippen molar-refractivity contribution in [2.24, 2.45) is 5.92 Å². The van der Waals surface area contributed by atoms with Crippen LogP contribution >= 0.6 is 11.6 Å². The molecule has 116 valence electrons. The zero-order valence-electron chi connectivity index (χ0n) is 12.7.